The molecule has 0 fully saturated rings. The molecule has 0 bridgehead atoms. The Morgan fingerprint density at radius 3 is 2.14 bits per heavy atom. The fourth-order valence-corrected chi connectivity index (χ4v) is 11.5. The average molecular weight is 776 g/mol. The van der Waals surface area contributed by atoms with Crippen molar-refractivity contribution in [2.24, 2.45) is 0 Å². The van der Waals surface area contributed by atoms with E-state index in [9.17, 15) is 0 Å². The van der Waals surface area contributed by atoms with E-state index in [1.807, 2.05) is 41.7 Å². The number of aromatic nitrogens is 3. The first-order chi connectivity index (χ1) is 28.7. The van der Waals surface area contributed by atoms with E-state index in [0.717, 1.165) is 44.5 Å². The Balaban J connectivity index is 1.09. The second kappa shape index (κ2) is 12.8. The normalized spacial score (nSPS) is 12.2. The zero-order chi connectivity index (χ0) is 38.5. The van der Waals surface area contributed by atoms with E-state index in [0.29, 0.717) is 5.82 Å². The van der Waals surface area contributed by atoms with E-state index in [4.69, 9.17) is 9.97 Å². The summed E-state index contributed by atoms with van der Waals surface area (Å²) in [5, 5.41) is 11.3. The molecule has 0 saturated heterocycles. The zero-order valence-electron chi connectivity index (χ0n) is 31.5. The van der Waals surface area contributed by atoms with Crippen LogP contribution in [0.15, 0.2) is 164 Å². The van der Waals surface area contributed by atoms with Crippen LogP contribution in [0.5, 0.6) is 0 Å². The lowest BCUT2D eigenvalue weighted by atomic mass is 9.98. The molecule has 0 radical (unpaired) electrons. The van der Waals surface area contributed by atoms with Gasteiger partial charge in [0.25, 0.3) is 0 Å². The van der Waals surface area contributed by atoms with Gasteiger partial charge in [-0.1, -0.05) is 134 Å². The number of benzene rings is 8. The van der Waals surface area contributed by atoms with E-state index >= 15 is 0 Å². The smallest absolute Gasteiger partial charge is 0.160 e. The first-order valence-corrected chi connectivity index (χ1v) is 21.2. The molecular formula is C53H33N3S2. The molecule has 12 aromatic rings. The molecule has 8 aromatic carbocycles. The molecule has 58 heavy (non-hydrogen) atoms. The summed E-state index contributed by atoms with van der Waals surface area (Å²) in [7, 11) is 0. The van der Waals surface area contributed by atoms with Crippen molar-refractivity contribution < 1.29 is 0 Å². The summed E-state index contributed by atoms with van der Waals surface area (Å²) in [6, 6.07) is 55.1. The van der Waals surface area contributed by atoms with Gasteiger partial charge in [0.2, 0.25) is 0 Å². The maximum atomic E-state index is 5.28. The molecule has 0 aliphatic carbocycles. The second-order valence-corrected chi connectivity index (χ2v) is 17.0. The summed E-state index contributed by atoms with van der Waals surface area (Å²) >= 11 is 3.73. The fourth-order valence-electron chi connectivity index (χ4n) is 9.13. The maximum Gasteiger partial charge on any atom is 0.160 e. The van der Waals surface area contributed by atoms with Gasteiger partial charge in [-0.3, -0.25) is 0 Å². The molecule has 0 unspecified atom stereocenters. The number of hydrogen-bond donors (Lipinski definition) is 0. The molecule has 4 heterocycles. The number of fused-ring (bicyclic) bond motifs is 14. The SMILES string of the molecule is C=Cc1ccc2c(-c3ccccc3)nc(-c3ccc4c(c3)sc3ccc(-n5c6ccccc6c6c7c8ccccc8sc7c7ccccc7c65)cc34)nc2c1/C=C\C. The highest BCUT2D eigenvalue weighted by molar-refractivity contribution is 7.27. The van der Waals surface area contributed by atoms with Crippen molar-refractivity contribution >= 4 is 119 Å². The van der Waals surface area contributed by atoms with E-state index in [-0.39, 0.29) is 0 Å². The molecule has 0 amide bonds. The van der Waals surface area contributed by atoms with Gasteiger partial charge in [-0.05, 0) is 55.0 Å². The third-order valence-electron chi connectivity index (χ3n) is 11.7. The topological polar surface area (TPSA) is 30.7 Å². The predicted octanol–water partition coefficient (Wildman–Crippen LogP) is 15.6. The largest absolute Gasteiger partial charge is 0.309 e. The van der Waals surface area contributed by atoms with Gasteiger partial charge in [-0.15, -0.1) is 22.7 Å². The standard InChI is InChI=1S/C53H33N3S2/c1-3-14-35-31(4-2)23-27-41-49(32-15-6-5-7-16-32)54-53(55-50(35)41)33-24-26-36-42-30-34(25-28-45(42)57-46(36)29-33)56-43-21-12-10-19-39(43)47-48-40-20-11-13-22-44(40)58-52(48)38-18-9-8-17-37(38)51(47)56/h3-30H,2H2,1H3/b14-3-. The highest BCUT2D eigenvalue weighted by Crippen LogP contribution is 2.48. The molecule has 0 N–H and O–H groups in total. The summed E-state index contributed by atoms with van der Waals surface area (Å²) in [6.07, 6.45) is 6.10. The monoisotopic (exact) mass is 775 g/mol. The average Bonchev–Trinajstić information content (AvgIpc) is 3.96. The minimum Gasteiger partial charge on any atom is -0.309 e. The Labute approximate surface area is 342 Å². The molecule has 0 aliphatic heterocycles. The van der Waals surface area contributed by atoms with Crippen LogP contribution in [0.2, 0.25) is 0 Å². The third-order valence-corrected chi connectivity index (χ3v) is 14.0. The lowest BCUT2D eigenvalue weighted by Crippen LogP contribution is -1.98. The number of para-hydroxylation sites is 1. The second-order valence-electron chi connectivity index (χ2n) is 14.8. The molecule has 4 aromatic heterocycles. The van der Waals surface area contributed by atoms with Crippen LogP contribution >= 0.6 is 22.7 Å². The van der Waals surface area contributed by atoms with E-state index < -0.39 is 0 Å². The zero-order valence-corrected chi connectivity index (χ0v) is 33.2. The lowest BCUT2D eigenvalue weighted by molar-refractivity contribution is 1.19. The van der Waals surface area contributed by atoms with Gasteiger partial charge in [-0.2, -0.15) is 0 Å². The van der Waals surface area contributed by atoms with Gasteiger partial charge >= 0.3 is 0 Å². The Morgan fingerprint density at radius 2 is 1.29 bits per heavy atom. The Morgan fingerprint density at radius 1 is 0.552 bits per heavy atom. The maximum absolute atomic E-state index is 5.28. The molecule has 0 spiro atoms. The molecule has 0 atom stereocenters. The predicted molar refractivity (Wildman–Crippen MR) is 253 cm³/mol. The third kappa shape index (κ3) is 4.78. The van der Waals surface area contributed by atoms with Crippen molar-refractivity contribution in [2.75, 3.05) is 0 Å². The Bertz CT molecular complexity index is 3710. The van der Waals surface area contributed by atoms with Crippen molar-refractivity contribution in [1.29, 1.82) is 0 Å². The molecular weight excluding hydrogens is 743 g/mol. The number of hydrogen-bond acceptors (Lipinski definition) is 4. The molecule has 5 heteroatoms. The number of allylic oxidation sites excluding steroid dienone is 1. The van der Waals surface area contributed by atoms with Crippen molar-refractivity contribution in [3.63, 3.8) is 0 Å². The molecule has 12 rings (SSSR count). The number of thiophene rings is 2. The molecule has 0 saturated carbocycles. The lowest BCUT2D eigenvalue weighted by Gasteiger charge is -2.13. The molecule has 3 nitrogen and oxygen atoms in total. The van der Waals surface area contributed by atoms with Crippen LogP contribution in [-0.2, 0) is 0 Å². The Hall–Kier alpha value is -6.92. The minimum absolute atomic E-state index is 0.711. The summed E-state index contributed by atoms with van der Waals surface area (Å²) in [6.45, 7) is 6.15. The van der Waals surface area contributed by atoms with Crippen LogP contribution < -0.4 is 0 Å². The van der Waals surface area contributed by atoms with Crippen LogP contribution in [0.1, 0.15) is 18.1 Å². The van der Waals surface area contributed by atoms with Gasteiger partial charge in [0, 0.05) is 89.7 Å². The van der Waals surface area contributed by atoms with Crippen molar-refractivity contribution in [1.82, 2.24) is 14.5 Å². The van der Waals surface area contributed by atoms with Crippen molar-refractivity contribution in [3.8, 4) is 28.3 Å². The summed E-state index contributed by atoms with van der Waals surface area (Å²) in [5.74, 6) is 0.711. The first kappa shape index (κ1) is 33.2. The number of nitrogens with zero attached hydrogens (tertiary/aromatic N) is 3. The van der Waals surface area contributed by atoms with Gasteiger partial charge in [0.1, 0.15) is 0 Å². The Kier molecular flexibility index (Phi) is 7.34. The van der Waals surface area contributed by atoms with E-state index in [1.165, 1.54) is 72.9 Å². The quantitative estimate of drug-likeness (QED) is 0.174. The molecule has 272 valence electrons. The van der Waals surface area contributed by atoms with Crippen LogP contribution in [0, 0.1) is 0 Å². The van der Waals surface area contributed by atoms with Gasteiger partial charge < -0.3 is 4.57 Å². The highest BCUT2D eigenvalue weighted by Gasteiger charge is 2.22. The number of rotatable bonds is 5. The van der Waals surface area contributed by atoms with Gasteiger partial charge in [-0.25, -0.2) is 9.97 Å². The van der Waals surface area contributed by atoms with E-state index in [2.05, 4.69) is 169 Å². The fraction of sp³-hybridized carbons (Fsp3) is 0.0189. The van der Waals surface area contributed by atoms with Crippen molar-refractivity contribution in [2.45, 2.75) is 6.92 Å². The first-order valence-electron chi connectivity index (χ1n) is 19.6. The van der Waals surface area contributed by atoms with Crippen LogP contribution in [0.4, 0.5) is 0 Å². The van der Waals surface area contributed by atoms with Gasteiger partial charge in [0.05, 0.1) is 22.2 Å². The van der Waals surface area contributed by atoms with Gasteiger partial charge in [0.15, 0.2) is 5.82 Å². The van der Waals surface area contributed by atoms with E-state index in [1.54, 1.807) is 0 Å². The van der Waals surface area contributed by atoms with Crippen LogP contribution in [-0.4, -0.2) is 14.5 Å². The van der Waals surface area contributed by atoms with Crippen molar-refractivity contribution in [3.05, 3.63) is 175 Å². The highest BCUT2D eigenvalue weighted by atomic mass is 32.1. The summed E-state index contributed by atoms with van der Waals surface area (Å²) < 4.78 is 7.64. The summed E-state index contributed by atoms with van der Waals surface area (Å²) in [5.41, 5.74) is 9.64. The minimum atomic E-state index is 0.711. The molecule has 0 aliphatic rings. The summed E-state index contributed by atoms with van der Waals surface area (Å²) in [4.78, 5) is 10.5. The van der Waals surface area contributed by atoms with Crippen LogP contribution in [0.25, 0.3) is 124 Å². The van der Waals surface area contributed by atoms with Crippen LogP contribution in [0.3, 0.4) is 0 Å².